The Labute approximate surface area is 157 Å². The van der Waals surface area contributed by atoms with Gasteiger partial charge in [-0.25, -0.2) is 0 Å². The standard InChI is InChI=1S/C20H21N3O4/c1-15(24)22-19(14-17-6-3-2-4-7-17)20(25)21-13-5-8-16-9-11-18(12-10-16)23(26)27/h2-12,19H,13-14H2,1H3,(H,21,25)(H,22,24)/b8-5+. The highest BCUT2D eigenvalue weighted by molar-refractivity contribution is 5.87. The summed E-state index contributed by atoms with van der Waals surface area (Å²) < 4.78 is 0. The molecule has 0 aliphatic carbocycles. The van der Waals surface area contributed by atoms with Gasteiger partial charge in [-0.1, -0.05) is 42.5 Å². The van der Waals surface area contributed by atoms with Gasteiger partial charge in [-0.2, -0.15) is 0 Å². The van der Waals surface area contributed by atoms with E-state index in [1.165, 1.54) is 19.1 Å². The maximum Gasteiger partial charge on any atom is 0.269 e. The lowest BCUT2D eigenvalue weighted by Crippen LogP contribution is -2.47. The van der Waals surface area contributed by atoms with Gasteiger partial charge in [0.05, 0.1) is 4.92 Å². The van der Waals surface area contributed by atoms with E-state index in [1.807, 2.05) is 30.3 Å². The van der Waals surface area contributed by atoms with E-state index in [-0.39, 0.29) is 24.0 Å². The number of hydrogen-bond acceptors (Lipinski definition) is 4. The first kappa shape index (κ1) is 19.8. The largest absolute Gasteiger partial charge is 0.351 e. The van der Waals surface area contributed by atoms with E-state index in [2.05, 4.69) is 10.6 Å². The quantitative estimate of drug-likeness (QED) is 0.553. The number of nitrogens with one attached hydrogen (secondary N) is 2. The molecule has 2 aromatic carbocycles. The van der Waals surface area contributed by atoms with Gasteiger partial charge >= 0.3 is 0 Å². The van der Waals surface area contributed by atoms with Crippen LogP contribution >= 0.6 is 0 Å². The molecule has 2 amide bonds. The Hall–Kier alpha value is -3.48. The molecular weight excluding hydrogens is 346 g/mol. The number of non-ortho nitro benzene ring substituents is 1. The lowest BCUT2D eigenvalue weighted by atomic mass is 10.1. The second-order valence-corrected chi connectivity index (χ2v) is 5.94. The molecule has 0 heterocycles. The zero-order chi connectivity index (χ0) is 19.6. The van der Waals surface area contributed by atoms with Crippen LogP contribution in [0, 0.1) is 10.1 Å². The minimum atomic E-state index is -0.655. The van der Waals surface area contributed by atoms with E-state index >= 15 is 0 Å². The van der Waals surface area contributed by atoms with Gasteiger partial charge in [0.1, 0.15) is 6.04 Å². The molecule has 2 rings (SSSR count). The molecule has 140 valence electrons. The molecule has 27 heavy (non-hydrogen) atoms. The normalized spacial score (nSPS) is 11.7. The SMILES string of the molecule is CC(=O)NC(Cc1ccccc1)C(=O)NC/C=C/c1ccc([N+](=O)[O-])cc1. The van der Waals surface area contributed by atoms with Gasteiger partial charge in [0.15, 0.2) is 0 Å². The number of benzene rings is 2. The van der Waals surface area contributed by atoms with Gasteiger partial charge in [-0.3, -0.25) is 19.7 Å². The van der Waals surface area contributed by atoms with Crippen molar-refractivity contribution < 1.29 is 14.5 Å². The van der Waals surface area contributed by atoms with E-state index in [1.54, 1.807) is 24.3 Å². The van der Waals surface area contributed by atoms with E-state index in [9.17, 15) is 19.7 Å². The second kappa shape index (κ2) is 9.86. The average Bonchev–Trinajstić information content (AvgIpc) is 2.65. The first-order valence-electron chi connectivity index (χ1n) is 8.45. The van der Waals surface area contributed by atoms with Gasteiger partial charge in [-0.05, 0) is 23.3 Å². The number of amides is 2. The predicted molar refractivity (Wildman–Crippen MR) is 103 cm³/mol. The minimum Gasteiger partial charge on any atom is -0.351 e. The van der Waals surface area contributed by atoms with Crippen LogP contribution in [0.4, 0.5) is 5.69 Å². The summed E-state index contributed by atoms with van der Waals surface area (Å²) in [6, 6.07) is 14.9. The highest BCUT2D eigenvalue weighted by Crippen LogP contribution is 2.12. The van der Waals surface area contributed by atoms with Crippen LogP contribution < -0.4 is 10.6 Å². The summed E-state index contributed by atoms with van der Waals surface area (Å²) in [4.78, 5) is 33.9. The maximum atomic E-state index is 12.4. The molecule has 1 unspecified atom stereocenters. The Kier molecular flexibility index (Phi) is 7.25. The lowest BCUT2D eigenvalue weighted by Gasteiger charge is -2.17. The number of nitro benzene ring substituents is 1. The fraction of sp³-hybridized carbons (Fsp3) is 0.200. The van der Waals surface area contributed by atoms with Crippen molar-refractivity contribution in [1.29, 1.82) is 0 Å². The number of carbonyl (C=O) groups excluding carboxylic acids is 2. The number of nitrogens with zero attached hydrogens (tertiary/aromatic N) is 1. The van der Waals surface area contributed by atoms with E-state index in [0.717, 1.165) is 11.1 Å². The van der Waals surface area contributed by atoms with Crippen LogP contribution in [0.1, 0.15) is 18.1 Å². The van der Waals surface area contributed by atoms with Crippen LogP contribution in [0.3, 0.4) is 0 Å². The summed E-state index contributed by atoms with van der Waals surface area (Å²) in [7, 11) is 0. The topological polar surface area (TPSA) is 101 Å². The molecule has 0 radical (unpaired) electrons. The maximum absolute atomic E-state index is 12.4. The number of nitro groups is 1. The van der Waals surface area contributed by atoms with Crippen molar-refractivity contribution in [3.63, 3.8) is 0 Å². The van der Waals surface area contributed by atoms with Crippen LogP contribution in [0.15, 0.2) is 60.7 Å². The van der Waals surface area contributed by atoms with Crippen molar-refractivity contribution in [3.8, 4) is 0 Å². The fourth-order valence-electron chi connectivity index (χ4n) is 2.49. The molecule has 0 spiro atoms. The molecule has 0 aliphatic rings. The van der Waals surface area contributed by atoms with Crippen molar-refractivity contribution in [2.24, 2.45) is 0 Å². The third-order valence-electron chi connectivity index (χ3n) is 3.78. The Morgan fingerprint density at radius 1 is 1.11 bits per heavy atom. The van der Waals surface area contributed by atoms with Gasteiger partial charge in [-0.15, -0.1) is 0 Å². The van der Waals surface area contributed by atoms with Crippen LogP contribution in [0.5, 0.6) is 0 Å². The van der Waals surface area contributed by atoms with Gasteiger partial charge < -0.3 is 10.6 Å². The molecule has 0 aliphatic heterocycles. The molecule has 0 aromatic heterocycles. The summed E-state index contributed by atoms with van der Waals surface area (Å²) in [6.45, 7) is 1.65. The third kappa shape index (κ3) is 6.74. The Balaban J connectivity index is 1.90. The number of carbonyl (C=O) groups is 2. The highest BCUT2D eigenvalue weighted by Gasteiger charge is 2.19. The van der Waals surface area contributed by atoms with Crippen molar-refractivity contribution in [3.05, 3.63) is 81.9 Å². The summed E-state index contributed by atoms with van der Waals surface area (Å²) in [6.07, 6.45) is 3.90. The zero-order valence-electron chi connectivity index (χ0n) is 14.9. The summed E-state index contributed by atoms with van der Waals surface area (Å²) >= 11 is 0. The first-order chi connectivity index (χ1) is 13.0. The monoisotopic (exact) mass is 367 g/mol. The first-order valence-corrected chi connectivity index (χ1v) is 8.45. The van der Waals surface area contributed by atoms with Gasteiger partial charge in [0.2, 0.25) is 11.8 Å². The Bertz CT molecular complexity index is 817. The molecule has 7 nitrogen and oxygen atoms in total. The molecule has 0 bridgehead atoms. The van der Waals surface area contributed by atoms with Crippen molar-refractivity contribution in [2.75, 3.05) is 6.54 Å². The van der Waals surface area contributed by atoms with Crippen LogP contribution in [0.2, 0.25) is 0 Å². The van der Waals surface area contributed by atoms with E-state index in [0.29, 0.717) is 6.42 Å². The average molecular weight is 367 g/mol. The summed E-state index contributed by atoms with van der Waals surface area (Å²) in [5, 5.41) is 16.1. The molecule has 0 saturated heterocycles. The van der Waals surface area contributed by atoms with E-state index < -0.39 is 11.0 Å². The van der Waals surface area contributed by atoms with Crippen molar-refractivity contribution >= 4 is 23.6 Å². The Morgan fingerprint density at radius 2 is 1.78 bits per heavy atom. The lowest BCUT2D eigenvalue weighted by molar-refractivity contribution is -0.384. The summed E-state index contributed by atoms with van der Waals surface area (Å²) in [5.41, 5.74) is 1.77. The smallest absolute Gasteiger partial charge is 0.269 e. The second-order valence-electron chi connectivity index (χ2n) is 5.94. The van der Waals surface area contributed by atoms with Crippen LogP contribution in [-0.2, 0) is 16.0 Å². The predicted octanol–water partition coefficient (Wildman–Crippen LogP) is 2.47. The molecular formula is C20H21N3O4. The zero-order valence-corrected chi connectivity index (χ0v) is 14.9. The molecule has 0 saturated carbocycles. The van der Waals surface area contributed by atoms with E-state index in [4.69, 9.17) is 0 Å². The third-order valence-corrected chi connectivity index (χ3v) is 3.78. The molecule has 0 fully saturated rings. The molecule has 1 atom stereocenters. The Morgan fingerprint density at radius 3 is 2.37 bits per heavy atom. The number of rotatable bonds is 8. The molecule has 7 heteroatoms. The van der Waals surface area contributed by atoms with Gasteiger partial charge in [0.25, 0.3) is 5.69 Å². The van der Waals surface area contributed by atoms with Crippen molar-refractivity contribution in [2.45, 2.75) is 19.4 Å². The summed E-state index contributed by atoms with van der Waals surface area (Å²) in [5.74, 6) is -0.546. The highest BCUT2D eigenvalue weighted by atomic mass is 16.6. The minimum absolute atomic E-state index is 0.0273. The molecule has 2 N–H and O–H groups in total. The molecule has 2 aromatic rings. The fourth-order valence-corrected chi connectivity index (χ4v) is 2.49. The number of hydrogen-bond donors (Lipinski definition) is 2. The van der Waals surface area contributed by atoms with Crippen LogP contribution in [0.25, 0.3) is 6.08 Å². The van der Waals surface area contributed by atoms with Gasteiger partial charge in [0, 0.05) is 32.0 Å². The van der Waals surface area contributed by atoms with Crippen LogP contribution in [-0.4, -0.2) is 29.3 Å². The van der Waals surface area contributed by atoms with Crippen molar-refractivity contribution in [1.82, 2.24) is 10.6 Å².